The largest absolute Gasteiger partial charge is 0.492 e. The fraction of sp³-hybridized carbons (Fsp3) is 0.300. The maximum Gasteiger partial charge on any atom is 0.251 e. The first-order valence-electron chi connectivity index (χ1n) is 8.35. The van der Waals surface area contributed by atoms with Crippen molar-refractivity contribution in [3.63, 3.8) is 0 Å². The van der Waals surface area contributed by atoms with Gasteiger partial charge in [-0.25, -0.2) is 0 Å². The molecule has 132 valence electrons. The Bertz CT molecular complexity index is 711. The van der Waals surface area contributed by atoms with Gasteiger partial charge in [-0.3, -0.25) is 9.59 Å². The van der Waals surface area contributed by atoms with E-state index in [0.717, 1.165) is 11.3 Å². The van der Waals surface area contributed by atoms with E-state index >= 15 is 0 Å². The maximum absolute atomic E-state index is 12.0. The fourth-order valence-electron chi connectivity index (χ4n) is 2.26. The van der Waals surface area contributed by atoms with Gasteiger partial charge in [0, 0.05) is 18.5 Å². The van der Waals surface area contributed by atoms with Gasteiger partial charge in [0.2, 0.25) is 5.91 Å². The first-order chi connectivity index (χ1) is 12.0. The summed E-state index contributed by atoms with van der Waals surface area (Å²) in [5, 5.41) is 5.52. The quantitative estimate of drug-likeness (QED) is 0.726. The molecule has 0 aliphatic rings. The lowest BCUT2D eigenvalue weighted by molar-refractivity contribution is -0.121. The van der Waals surface area contributed by atoms with E-state index in [9.17, 15) is 9.59 Å². The molecular weight excluding hydrogens is 316 g/mol. The number of carbonyl (C=O) groups excluding carboxylic acids is 2. The Morgan fingerprint density at radius 3 is 2.40 bits per heavy atom. The predicted molar refractivity (Wildman–Crippen MR) is 97.8 cm³/mol. The molecule has 2 aromatic rings. The van der Waals surface area contributed by atoms with Crippen molar-refractivity contribution in [1.29, 1.82) is 0 Å². The summed E-state index contributed by atoms with van der Waals surface area (Å²) in [6, 6.07) is 15.1. The number of aryl methyl sites for hydroxylation is 2. The highest BCUT2D eigenvalue weighted by atomic mass is 16.5. The topological polar surface area (TPSA) is 67.4 Å². The summed E-state index contributed by atoms with van der Waals surface area (Å²) in [6.45, 7) is 5.09. The van der Waals surface area contributed by atoms with Crippen molar-refractivity contribution in [2.45, 2.75) is 20.3 Å². The van der Waals surface area contributed by atoms with Gasteiger partial charge in [0.15, 0.2) is 0 Å². The number of benzene rings is 2. The van der Waals surface area contributed by atoms with Crippen LogP contribution < -0.4 is 15.4 Å². The van der Waals surface area contributed by atoms with Gasteiger partial charge < -0.3 is 15.4 Å². The van der Waals surface area contributed by atoms with Gasteiger partial charge in [-0.05, 0) is 38.1 Å². The van der Waals surface area contributed by atoms with Crippen LogP contribution in [0.25, 0.3) is 0 Å². The Morgan fingerprint density at radius 2 is 1.68 bits per heavy atom. The summed E-state index contributed by atoms with van der Waals surface area (Å²) >= 11 is 0. The molecule has 0 spiro atoms. The van der Waals surface area contributed by atoms with Gasteiger partial charge in [-0.1, -0.05) is 35.4 Å². The molecule has 0 atom stereocenters. The first kappa shape index (κ1) is 18.5. The lowest BCUT2D eigenvalue weighted by atomic mass is 10.1. The normalized spacial score (nSPS) is 10.2. The van der Waals surface area contributed by atoms with Gasteiger partial charge in [-0.2, -0.15) is 0 Å². The molecule has 2 amide bonds. The van der Waals surface area contributed by atoms with E-state index in [1.165, 1.54) is 5.56 Å². The van der Waals surface area contributed by atoms with Crippen molar-refractivity contribution in [3.8, 4) is 5.75 Å². The molecule has 2 N–H and O–H groups in total. The van der Waals surface area contributed by atoms with Crippen LogP contribution in [0.4, 0.5) is 0 Å². The summed E-state index contributed by atoms with van der Waals surface area (Å²) in [4.78, 5) is 23.7. The zero-order chi connectivity index (χ0) is 18.1. The van der Waals surface area contributed by atoms with E-state index in [-0.39, 0.29) is 18.2 Å². The van der Waals surface area contributed by atoms with E-state index in [0.29, 0.717) is 25.3 Å². The SMILES string of the molecule is Cc1ccc(OCCNC(=O)CCNC(=O)c2cccc(C)c2)cc1. The Kier molecular flexibility index (Phi) is 7.01. The van der Waals surface area contributed by atoms with Crippen molar-refractivity contribution in [2.75, 3.05) is 19.7 Å². The van der Waals surface area contributed by atoms with Crippen LogP contribution in [0.15, 0.2) is 48.5 Å². The molecule has 0 saturated heterocycles. The molecule has 5 heteroatoms. The Morgan fingerprint density at radius 1 is 0.920 bits per heavy atom. The highest BCUT2D eigenvalue weighted by Gasteiger charge is 2.06. The number of amides is 2. The second-order valence-corrected chi connectivity index (χ2v) is 5.89. The molecule has 2 aromatic carbocycles. The second-order valence-electron chi connectivity index (χ2n) is 5.89. The molecule has 0 unspecified atom stereocenters. The third-order valence-electron chi connectivity index (χ3n) is 3.63. The number of ether oxygens (including phenoxy) is 1. The monoisotopic (exact) mass is 340 g/mol. The number of hydrogen-bond donors (Lipinski definition) is 2. The zero-order valence-corrected chi connectivity index (χ0v) is 14.7. The zero-order valence-electron chi connectivity index (χ0n) is 14.7. The van der Waals surface area contributed by atoms with Crippen molar-refractivity contribution < 1.29 is 14.3 Å². The van der Waals surface area contributed by atoms with Crippen molar-refractivity contribution in [2.24, 2.45) is 0 Å². The average Bonchev–Trinajstić information content (AvgIpc) is 2.60. The number of nitrogens with one attached hydrogen (secondary N) is 2. The van der Waals surface area contributed by atoms with Crippen LogP contribution >= 0.6 is 0 Å². The molecule has 0 aromatic heterocycles. The number of carbonyl (C=O) groups is 2. The minimum Gasteiger partial charge on any atom is -0.492 e. The molecule has 0 bridgehead atoms. The van der Waals surface area contributed by atoms with Crippen LogP contribution in [0.2, 0.25) is 0 Å². The minimum atomic E-state index is -0.167. The van der Waals surface area contributed by atoms with Crippen molar-refractivity contribution >= 4 is 11.8 Å². The minimum absolute atomic E-state index is 0.114. The summed E-state index contributed by atoms with van der Waals surface area (Å²) in [5.41, 5.74) is 2.80. The van der Waals surface area contributed by atoms with Gasteiger partial charge in [-0.15, -0.1) is 0 Å². The first-order valence-corrected chi connectivity index (χ1v) is 8.35. The molecule has 0 aliphatic carbocycles. The summed E-state index contributed by atoms with van der Waals surface area (Å²) < 4.78 is 5.54. The standard InChI is InChI=1S/C20H24N2O3/c1-15-6-8-18(9-7-15)25-13-12-21-19(23)10-11-22-20(24)17-5-3-4-16(2)14-17/h3-9,14H,10-13H2,1-2H3,(H,21,23)(H,22,24). The van der Waals surface area contributed by atoms with Gasteiger partial charge in [0.25, 0.3) is 5.91 Å². The molecule has 0 heterocycles. The molecular formula is C20H24N2O3. The van der Waals surface area contributed by atoms with Crippen LogP contribution in [0, 0.1) is 13.8 Å². The van der Waals surface area contributed by atoms with E-state index in [4.69, 9.17) is 4.74 Å². The maximum atomic E-state index is 12.0. The molecule has 0 saturated carbocycles. The second kappa shape index (κ2) is 9.47. The number of rotatable bonds is 8. The summed E-state index contributed by atoms with van der Waals surface area (Å²) in [6.07, 6.45) is 0.238. The predicted octanol–water partition coefficient (Wildman–Crippen LogP) is 2.62. The fourth-order valence-corrected chi connectivity index (χ4v) is 2.26. The lowest BCUT2D eigenvalue weighted by Gasteiger charge is -2.09. The molecule has 0 aliphatic heterocycles. The van der Waals surface area contributed by atoms with Crippen LogP contribution in [0.3, 0.4) is 0 Å². The van der Waals surface area contributed by atoms with Crippen molar-refractivity contribution in [3.05, 3.63) is 65.2 Å². The summed E-state index contributed by atoms with van der Waals surface area (Å²) in [5.74, 6) is 0.501. The van der Waals surface area contributed by atoms with E-state index < -0.39 is 0 Å². The Labute approximate surface area is 148 Å². The average molecular weight is 340 g/mol. The van der Waals surface area contributed by atoms with Crippen LogP contribution in [-0.4, -0.2) is 31.5 Å². The highest BCUT2D eigenvalue weighted by molar-refractivity contribution is 5.94. The lowest BCUT2D eigenvalue weighted by Crippen LogP contribution is -2.32. The molecule has 5 nitrogen and oxygen atoms in total. The van der Waals surface area contributed by atoms with Gasteiger partial charge in [0.05, 0.1) is 6.54 Å². The molecule has 0 fully saturated rings. The third-order valence-corrected chi connectivity index (χ3v) is 3.63. The van der Waals surface area contributed by atoms with E-state index in [1.807, 2.05) is 56.3 Å². The highest BCUT2D eigenvalue weighted by Crippen LogP contribution is 2.10. The van der Waals surface area contributed by atoms with Crippen molar-refractivity contribution in [1.82, 2.24) is 10.6 Å². The van der Waals surface area contributed by atoms with Crippen LogP contribution in [0.1, 0.15) is 27.9 Å². The number of hydrogen-bond acceptors (Lipinski definition) is 3. The van der Waals surface area contributed by atoms with Gasteiger partial charge in [0.1, 0.15) is 12.4 Å². The van der Waals surface area contributed by atoms with Gasteiger partial charge >= 0.3 is 0 Å². The Hall–Kier alpha value is -2.82. The third kappa shape index (κ3) is 6.67. The Balaban J connectivity index is 1.59. The van der Waals surface area contributed by atoms with E-state index in [1.54, 1.807) is 6.07 Å². The smallest absolute Gasteiger partial charge is 0.251 e. The van der Waals surface area contributed by atoms with Crippen LogP contribution in [0.5, 0.6) is 5.75 Å². The van der Waals surface area contributed by atoms with E-state index in [2.05, 4.69) is 10.6 Å². The van der Waals surface area contributed by atoms with Crippen LogP contribution in [-0.2, 0) is 4.79 Å². The molecule has 0 radical (unpaired) electrons. The molecule has 25 heavy (non-hydrogen) atoms. The summed E-state index contributed by atoms with van der Waals surface area (Å²) in [7, 11) is 0. The molecule has 2 rings (SSSR count).